The number of anilines is 1. The predicted molar refractivity (Wildman–Crippen MR) is 81.1 cm³/mol. The highest BCUT2D eigenvalue weighted by atomic mass is 32.2. The summed E-state index contributed by atoms with van der Waals surface area (Å²) >= 11 is 6.40. The Bertz CT molecular complexity index is 505. The Labute approximate surface area is 121 Å². The molecule has 2 amide bonds. The van der Waals surface area contributed by atoms with Gasteiger partial charge in [-0.25, -0.2) is 0 Å². The summed E-state index contributed by atoms with van der Waals surface area (Å²) in [5, 5.41) is 2.38. The standard InChI is InChI=1S/C13H14N2O2S2/c1-2-15-12(17)10(19-13(15)18)8-11(16)14-9-6-4-3-5-7-9/h3-7,10H,2,8H2,1H3,(H,14,16). The third-order valence-electron chi connectivity index (χ3n) is 2.75. The van der Waals surface area contributed by atoms with Crippen LogP contribution in [0.5, 0.6) is 0 Å². The van der Waals surface area contributed by atoms with Gasteiger partial charge in [0.1, 0.15) is 4.32 Å². The first-order valence-electron chi connectivity index (χ1n) is 5.98. The molecule has 0 saturated carbocycles. The second kappa shape index (κ2) is 6.16. The van der Waals surface area contributed by atoms with Crippen molar-refractivity contribution in [1.29, 1.82) is 0 Å². The van der Waals surface area contributed by atoms with Gasteiger partial charge in [-0.15, -0.1) is 0 Å². The smallest absolute Gasteiger partial charge is 0.242 e. The Balaban J connectivity index is 1.93. The Morgan fingerprint density at radius 3 is 2.68 bits per heavy atom. The second-order valence-electron chi connectivity index (χ2n) is 4.07. The third kappa shape index (κ3) is 3.33. The second-order valence-corrected chi connectivity index (χ2v) is 5.91. The van der Waals surface area contributed by atoms with Gasteiger partial charge in [0.15, 0.2) is 0 Å². The zero-order valence-corrected chi connectivity index (χ0v) is 12.1. The molecule has 100 valence electrons. The van der Waals surface area contributed by atoms with Crippen molar-refractivity contribution in [3.05, 3.63) is 30.3 Å². The van der Waals surface area contributed by atoms with E-state index in [1.165, 1.54) is 11.8 Å². The van der Waals surface area contributed by atoms with Crippen LogP contribution >= 0.6 is 24.0 Å². The third-order valence-corrected chi connectivity index (χ3v) is 4.33. The molecule has 1 unspecified atom stereocenters. The normalized spacial score (nSPS) is 18.8. The lowest BCUT2D eigenvalue weighted by Crippen LogP contribution is -2.32. The molecule has 1 aromatic carbocycles. The minimum absolute atomic E-state index is 0.0688. The molecule has 0 bridgehead atoms. The molecule has 0 aliphatic carbocycles. The lowest BCUT2D eigenvalue weighted by Gasteiger charge is -2.12. The number of rotatable bonds is 4. The van der Waals surface area contributed by atoms with Gasteiger partial charge in [0.2, 0.25) is 11.8 Å². The van der Waals surface area contributed by atoms with Crippen molar-refractivity contribution in [1.82, 2.24) is 4.90 Å². The molecule has 0 radical (unpaired) electrons. The van der Waals surface area contributed by atoms with Gasteiger partial charge in [0.05, 0.1) is 5.25 Å². The number of thioether (sulfide) groups is 1. The summed E-state index contributed by atoms with van der Waals surface area (Å²) in [6.07, 6.45) is 0.148. The summed E-state index contributed by atoms with van der Waals surface area (Å²) in [7, 11) is 0. The first-order valence-corrected chi connectivity index (χ1v) is 7.27. The van der Waals surface area contributed by atoms with Crippen molar-refractivity contribution < 1.29 is 9.59 Å². The van der Waals surface area contributed by atoms with E-state index in [-0.39, 0.29) is 18.2 Å². The Hall–Kier alpha value is -1.40. The summed E-state index contributed by atoms with van der Waals surface area (Å²) in [6, 6.07) is 9.19. The molecule has 1 N–H and O–H groups in total. The Morgan fingerprint density at radius 1 is 1.42 bits per heavy atom. The van der Waals surface area contributed by atoms with Gasteiger partial charge in [-0.1, -0.05) is 42.2 Å². The van der Waals surface area contributed by atoms with Crippen LogP contribution in [0.25, 0.3) is 0 Å². The summed E-state index contributed by atoms with van der Waals surface area (Å²) in [4.78, 5) is 25.4. The van der Waals surface area contributed by atoms with Crippen LogP contribution in [-0.4, -0.2) is 32.8 Å². The minimum atomic E-state index is -0.392. The van der Waals surface area contributed by atoms with Gasteiger partial charge in [0.25, 0.3) is 0 Å². The maximum atomic E-state index is 12.0. The zero-order chi connectivity index (χ0) is 13.8. The number of benzene rings is 1. The maximum Gasteiger partial charge on any atom is 0.242 e. The van der Waals surface area contributed by atoms with Crippen molar-refractivity contribution in [3.8, 4) is 0 Å². The highest BCUT2D eigenvalue weighted by Crippen LogP contribution is 2.29. The Kier molecular flexibility index (Phi) is 4.55. The molecule has 0 aromatic heterocycles. The molecular weight excluding hydrogens is 280 g/mol. The van der Waals surface area contributed by atoms with E-state index in [1.54, 1.807) is 4.90 Å². The highest BCUT2D eigenvalue weighted by molar-refractivity contribution is 8.24. The summed E-state index contributed by atoms with van der Waals surface area (Å²) in [5.74, 6) is -0.237. The van der Waals surface area contributed by atoms with Crippen LogP contribution in [0.4, 0.5) is 5.69 Å². The average molecular weight is 294 g/mol. The zero-order valence-electron chi connectivity index (χ0n) is 10.5. The van der Waals surface area contributed by atoms with Crippen molar-refractivity contribution in [2.24, 2.45) is 0 Å². The maximum absolute atomic E-state index is 12.0. The first kappa shape index (κ1) is 14.0. The quantitative estimate of drug-likeness (QED) is 0.866. The molecule has 1 fully saturated rings. The molecule has 1 aliphatic heterocycles. The number of carbonyl (C=O) groups is 2. The molecule has 1 atom stereocenters. The van der Waals surface area contributed by atoms with Crippen molar-refractivity contribution in [3.63, 3.8) is 0 Å². The first-order chi connectivity index (χ1) is 9.11. The summed E-state index contributed by atoms with van der Waals surface area (Å²) < 4.78 is 0.560. The molecule has 6 heteroatoms. The van der Waals surface area contributed by atoms with Gasteiger partial charge in [-0.05, 0) is 19.1 Å². The fraction of sp³-hybridized carbons (Fsp3) is 0.308. The average Bonchev–Trinajstić information content (AvgIpc) is 2.65. The van der Waals surface area contributed by atoms with E-state index >= 15 is 0 Å². The number of nitrogens with zero attached hydrogens (tertiary/aromatic N) is 1. The summed E-state index contributed by atoms with van der Waals surface area (Å²) in [5.41, 5.74) is 0.734. The Morgan fingerprint density at radius 2 is 2.11 bits per heavy atom. The number of hydrogen-bond donors (Lipinski definition) is 1. The highest BCUT2D eigenvalue weighted by Gasteiger charge is 2.37. The molecule has 2 rings (SSSR count). The SMILES string of the molecule is CCN1C(=O)C(CC(=O)Nc2ccccc2)SC1=S. The van der Waals surface area contributed by atoms with Crippen LogP contribution < -0.4 is 5.32 Å². The fourth-order valence-electron chi connectivity index (χ4n) is 1.82. The fourth-order valence-corrected chi connectivity index (χ4v) is 3.44. The lowest BCUT2D eigenvalue weighted by molar-refractivity contribution is -0.128. The predicted octanol–water partition coefficient (Wildman–Crippen LogP) is 2.26. The monoisotopic (exact) mass is 294 g/mol. The van der Waals surface area contributed by atoms with Gasteiger partial charge in [0, 0.05) is 18.7 Å². The molecule has 1 heterocycles. The van der Waals surface area contributed by atoms with E-state index in [1.807, 2.05) is 37.3 Å². The van der Waals surface area contributed by atoms with Crippen LogP contribution in [0.15, 0.2) is 30.3 Å². The van der Waals surface area contributed by atoms with E-state index < -0.39 is 5.25 Å². The van der Waals surface area contributed by atoms with E-state index in [9.17, 15) is 9.59 Å². The van der Waals surface area contributed by atoms with Crippen LogP contribution in [0.3, 0.4) is 0 Å². The lowest BCUT2D eigenvalue weighted by atomic mass is 10.2. The van der Waals surface area contributed by atoms with Crippen molar-refractivity contribution in [2.75, 3.05) is 11.9 Å². The number of hydrogen-bond acceptors (Lipinski definition) is 4. The molecule has 0 spiro atoms. The molecule has 1 saturated heterocycles. The van der Waals surface area contributed by atoms with Crippen molar-refractivity contribution in [2.45, 2.75) is 18.6 Å². The van der Waals surface area contributed by atoms with Crippen LogP contribution in [0.1, 0.15) is 13.3 Å². The largest absolute Gasteiger partial charge is 0.326 e. The van der Waals surface area contributed by atoms with Crippen molar-refractivity contribution >= 4 is 45.8 Å². The van der Waals surface area contributed by atoms with Gasteiger partial charge in [-0.3, -0.25) is 14.5 Å². The molecular formula is C13H14N2O2S2. The minimum Gasteiger partial charge on any atom is -0.326 e. The number of amides is 2. The van der Waals surface area contributed by atoms with E-state index in [2.05, 4.69) is 5.32 Å². The number of nitrogens with one attached hydrogen (secondary N) is 1. The molecule has 1 aliphatic rings. The van der Waals surface area contributed by atoms with Crippen LogP contribution in [0.2, 0.25) is 0 Å². The van der Waals surface area contributed by atoms with Crippen LogP contribution in [0, 0.1) is 0 Å². The van der Waals surface area contributed by atoms with Gasteiger partial charge < -0.3 is 5.32 Å². The molecule has 1 aromatic rings. The topological polar surface area (TPSA) is 49.4 Å². The van der Waals surface area contributed by atoms with E-state index in [4.69, 9.17) is 12.2 Å². The van der Waals surface area contributed by atoms with Gasteiger partial charge in [-0.2, -0.15) is 0 Å². The molecule has 4 nitrogen and oxygen atoms in total. The number of thiocarbonyl (C=S) groups is 1. The van der Waals surface area contributed by atoms with Gasteiger partial charge >= 0.3 is 0 Å². The molecule has 19 heavy (non-hydrogen) atoms. The van der Waals surface area contributed by atoms with Crippen LogP contribution in [-0.2, 0) is 9.59 Å². The van der Waals surface area contributed by atoms with E-state index in [0.29, 0.717) is 10.9 Å². The summed E-state index contributed by atoms with van der Waals surface area (Å²) in [6.45, 7) is 2.43. The number of para-hydroxylation sites is 1. The number of carbonyl (C=O) groups excluding carboxylic acids is 2. The van der Waals surface area contributed by atoms with E-state index in [0.717, 1.165) is 5.69 Å².